The fourth-order valence-corrected chi connectivity index (χ4v) is 1.89. The van der Waals surface area contributed by atoms with E-state index in [1.165, 1.54) is 0 Å². The van der Waals surface area contributed by atoms with Gasteiger partial charge in [-0.25, -0.2) is 0 Å². The van der Waals surface area contributed by atoms with Gasteiger partial charge >= 0.3 is 0 Å². The van der Waals surface area contributed by atoms with Crippen molar-refractivity contribution < 1.29 is 4.79 Å². The number of carbonyl (C=O) groups excluding carboxylic acids is 1. The molecule has 1 fully saturated rings. The van der Waals surface area contributed by atoms with Crippen molar-refractivity contribution in [3.8, 4) is 0 Å². The molecule has 4 heteroatoms. The molecule has 0 aromatic carbocycles. The molecule has 1 aromatic rings. The summed E-state index contributed by atoms with van der Waals surface area (Å²) in [4.78, 5) is 13.9. The zero-order valence-electron chi connectivity index (χ0n) is 9.81. The average Bonchev–Trinajstić information content (AvgIpc) is 2.30. The molecule has 0 aliphatic carbocycles. The molecule has 2 rings (SSSR count). The summed E-state index contributed by atoms with van der Waals surface area (Å²) >= 11 is 0. The maximum atomic E-state index is 12.0. The molecule has 1 aliphatic heterocycles. The van der Waals surface area contributed by atoms with Crippen LogP contribution in [0, 0.1) is 12.8 Å². The van der Waals surface area contributed by atoms with Crippen LogP contribution in [0.2, 0.25) is 0 Å². The monoisotopic (exact) mass is 219 g/mol. The van der Waals surface area contributed by atoms with Crippen LogP contribution < -0.4 is 0 Å². The van der Waals surface area contributed by atoms with Gasteiger partial charge in [0.05, 0.1) is 5.69 Å². The molecule has 4 nitrogen and oxygen atoms in total. The summed E-state index contributed by atoms with van der Waals surface area (Å²) in [6, 6.07) is 3.58. The van der Waals surface area contributed by atoms with E-state index in [2.05, 4.69) is 17.1 Å². The highest BCUT2D eigenvalue weighted by Gasteiger charge is 2.22. The van der Waals surface area contributed by atoms with Crippen LogP contribution in [0.5, 0.6) is 0 Å². The van der Waals surface area contributed by atoms with Gasteiger partial charge in [0.15, 0.2) is 5.69 Å². The number of hydrogen-bond acceptors (Lipinski definition) is 3. The van der Waals surface area contributed by atoms with Gasteiger partial charge in [0.2, 0.25) is 0 Å². The number of aryl methyl sites for hydroxylation is 1. The zero-order valence-corrected chi connectivity index (χ0v) is 9.81. The maximum Gasteiger partial charge on any atom is 0.274 e. The summed E-state index contributed by atoms with van der Waals surface area (Å²) in [5.74, 6) is 0.743. The van der Waals surface area contributed by atoms with E-state index in [1.54, 1.807) is 6.07 Å². The number of nitrogens with zero attached hydrogens (tertiary/aromatic N) is 3. The molecule has 1 saturated heterocycles. The van der Waals surface area contributed by atoms with Crippen LogP contribution >= 0.6 is 0 Å². The van der Waals surface area contributed by atoms with Crippen molar-refractivity contribution in [2.24, 2.45) is 5.92 Å². The fourth-order valence-electron chi connectivity index (χ4n) is 1.89. The Morgan fingerprint density at radius 1 is 1.31 bits per heavy atom. The lowest BCUT2D eigenvalue weighted by Gasteiger charge is -2.29. The Hall–Kier alpha value is -1.45. The summed E-state index contributed by atoms with van der Waals surface area (Å²) in [6.07, 6.45) is 2.18. The topological polar surface area (TPSA) is 46.1 Å². The van der Waals surface area contributed by atoms with Crippen LogP contribution in [0.25, 0.3) is 0 Å². The van der Waals surface area contributed by atoms with Crippen LogP contribution in [0.15, 0.2) is 12.1 Å². The Labute approximate surface area is 95.7 Å². The Morgan fingerprint density at radius 2 is 2.00 bits per heavy atom. The smallest absolute Gasteiger partial charge is 0.274 e. The molecule has 0 unspecified atom stereocenters. The molecular weight excluding hydrogens is 202 g/mol. The molecule has 16 heavy (non-hydrogen) atoms. The van der Waals surface area contributed by atoms with Gasteiger partial charge in [-0.2, -0.15) is 5.10 Å². The fraction of sp³-hybridized carbons (Fsp3) is 0.583. The van der Waals surface area contributed by atoms with Crippen molar-refractivity contribution in [1.82, 2.24) is 15.1 Å². The van der Waals surface area contributed by atoms with Gasteiger partial charge < -0.3 is 4.90 Å². The predicted octanol–water partition coefficient (Wildman–Crippen LogP) is 1.66. The molecular formula is C12H17N3O. The van der Waals surface area contributed by atoms with Gasteiger partial charge in [0.1, 0.15) is 0 Å². The molecule has 86 valence electrons. The third-order valence-corrected chi connectivity index (χ3v) is 3.09. The van der Waals surface area contributed by atoms with Crippen LogP contribution in [0.4, 0.5) is 0 Å². The van der Waals surface area contributed by atoms with E-state index < -0.39 is 0 Å². The molecule has 1 amide bonds. The van der Waals surface area contributed by atoms with Crippen LogP contribution in [0.3, 0.4) is 0 Å². The van der Waals surface area contributed by atoms with Gasteiger partial charge in [0.25, 0.3) is 5.91 Å². The number of piperidine rings is 1. The highest BCUT2D eigenvalue weighted by molar-refractivity contribution is 5.92. The number of carbonyl (C=O) groups is 1. The third kappa shape index (κ3) is 2.38. The lowest BCUT2D eigenvalue weighted by molar-refractivity contribution is 0.0690. The van der Waals surface area contributed by atoms with Crippen molar-refractivity contribution in [3.63, 3.8) is 0 Å². The number of likely N-dealkylation sites (tertiary alicyclic amines) is 1. The molecule has 0 bridgehead atoms. The molecule has 1 aliphatic rings. The van der Waals surface area contributed by atoms with Crippen LogP contribution in [-0.4, -0.2) is 34.1 Å². The summed E-state index contributed by atoms with van der Waals surface area (Å²) < 4.78 is 0. The van der Waals surface area contributed by atoms with E-state index in [1.807, 2.05) is 17.9 Å². The quantitative estimate of drug-likeness (QED) is 0.721. The van der Waals surface area contributed by atoms with E-state index >= 15 is 0 Å². The lowest BCUT2D eigenvalue weighted by atomic mass is 9.99. The average molecular weight is 219 g/mol. The Bertz CT molecular complexity index is 366. The van der Waals surface area contributed by atoms with Crippen molar-refractivity contribution in [3.05, 3.63) is 23.5 Å². The first-order valence-corrected chi connectivity index (χ1v) is 5.76. The highest BCUT2D eigenvalue weighted by Crippen LogP contribution is 2.17. The number of hydrogen-bond donors (Lipinski definition) is 0. The predicted molar refractivity (Wildman–Crippen MR) is 61.1 cm³/mol. The minimum atomic E-state index is 0.0133. The highest BCUT2D eigenvalue weighted by atomic mass is 16.2. The van der Waals surface area contributed by atoms with Gasteiger partial charge in [-0.3, -0.25) is 4.79 Å². The SMILES string of the molecule is Cc1ccc(C(=O)N2CCC(C)CC2)nn1. The Morgan fingerprint density at radius 3 is 2.56 bits per heavy atom. The second kappa shape index (κ2) is 4.60. The van der Waals surface area contributed by atoms with Crippen LogP contribution in [0.1, 0.15) is 35.9 Å². The van der Waals surface area contributed by atoms with Crippen molar-refractivity contribution >= 4 is 5.91 Å². The molecule has 1 aromatic heterocycles. The van der Waals surface area contributed by atoms with Crippen molar-refractivity contribution in [1.29, 1.82) is 0 Å². The summed E-state index contributed by atoms with van der Waals surface area (Å²) in [7, 11) is 0. The molecule has 0 radical (unpaired) electrons. The van der Waals surface area contributed by atoms with Crippen molar-refractivity contribution in [2.75, 3.05) is 13.1 Å². The van der Waals surface area contributed by atoms with E-state index in [-0.39, 0.29) is 5.91 Å². The van der Waals surface area contributed by atoms with E-state index in [0.29, 0.717) is 5.69 Å². The van der Waals surface area contributed by atoms with E-state index in [9.17, 15) is 4.79 Å². The summed E-state index contributed by atoms with van der Waals surface area (Å²) in [6.45, 7) is 5.78. The van der Waals surface area contributed by atoms with Gasteiger partial charge in [-0.15, -0.1) is 5.10 Å². The zero-order chi connectivity index (χ0) is 11.5. The maximum absolute atomic E-state index is 12.0. The molecule has 0 N–H and O–H groups in total. The standard InChI is InChI=1S/C12H17N3O/c1-9-5-7-15(8-6-9)12(16)11-4-3-10(2)13-14-11/h3-4,9H,5-8H2,1-2H3. The van der Waals surface area contributed by atoms with E-state index in [4.69, 9.17) is 0 Å². The minimum Gasteiger partial charge on any atom is -0.337 e. The largest absolute Gasteiger partial charge is 0.337 e. The molecule has 0 spiro atoms. The van der Waals surface area contributed by atoms with Gasteiger partial charge in [0, 0.05) is 13.1 Å². The Balaban J connectivity index is 2.05. The van der Waals surface area contributed by atoms with E-state index in [0.717, 1.165) is 37.5 Å². The Kier molecular flexibility index (Phi) is 3.17. The summed E-state index contributed by atoms with van der Waals surface area (Å²) in [5, 5.41) is 7.84. The second-order valence-corrected chi connectivity index (χ2v) is 4.53. The first kappa shape index (κ1) is 11.0. The third-order valence-electron chi connectivity index (χ3n) is 3.09. The van der Waals surface area contributed by atoms with Crippen LogP contribution in [-0.2, 0) is 0 Å². The minimum absolute atomic E-state index is 0.0133. The normalized spacial score (nSPS) is 17.5. The number of aromatic nitrogens is 2. The number of amides is 1. The van der Waals surface area contributed by atoms with Gasteiger partial charge in [-0.05, 0) is 37.8 Å². The first-order valence-electron chi connectivity index (χ1n) is 5.76. The lowest BCUT2D eigenvalue weighted by Crippen LogP contribution is -2.38. The van der Waals surface area contributed by atoms with Crippen molar-refractivity contribution in [2.45, 2.75) is 26.7 Å². The van der Waals surface area contributed by atoms with Gasteiger partial charge in [-0.1, -0.05) is 6.92 Å². The molecule has 0 saturated carbocycles. The molecule has 0 atom stereocenters. The first-order chi connectivity index (χ1) is 7.66. The molecule has 2 heterocycles. The summed E-state index contributed by atoms with van der Waals surface area (Å²) in [5.41, 5.74) is 1.30. The number of rotatable bonds is 1. The second-order valence-electron chi connectivity index (χ2n) is 4.53.